The Morgan fingerprint density at radius 1 is 1.12 bits per heavy atom. The van der Waals surface area contributed by atoms with E-state index in [2.05, 4.69) is 4.99 Å². The number of nitro groups is 1. The first-order valence-electron chi connectivity index (χ1n) is 7.27. The molecule has 5 nitrogen and oxygen atoms in total. The van der Waals surface area contributed by atoms with Crippen LogP contribution < -0.4 is 0 Å². The molecule has 0 saturated carbocycles. The molecule has 0 aliphatic carbocycles. The number of non-ortho nitro benzene ring substituents is 1. The normalized spacial score (nSPS) is 11.3. The average Bonchev–Trinajstić information content (AvgIpc) is 2.52. The fraction of sp³-hybridized carbons (Fsp3) is 0.188. The van der Waals surface area contributed by atoms with E-state index in [1.165, 1.54) is 12.1 Å². The van der Waals surface area contributed by atoms with Crippen molar-refractivity contribution in [3.8, 4) is 5.75 Å². The second-order valence-corrected chi connectivity index (χ2v) is 33.2. The summed E-state index contributed by atoms with van der Waals surface area (Å²) in [6.45, 7) is 4.00. The quantitative estimate of drug-likeness (QED) is 0.233. The predicted molar refractivity (Wildman–Crippen MR) is 106 cm³/mol. The van der Waals surface area contributed by atoms with Crippen molar-refractivity contribution < 1.29 is 22.8 Å². The molecule has 2 aromatic carbocycles. The molecule has 0 amide bonds. The minimum atomic E-state index is -3.33. The molecule has 0 aliphatic heterocycles. The molecular formula is C16H16Cl4N2O3Ta. The van der Waals surface area contributed by atoms with Gasteiger partial charge in [-0.05, 0) is 35.2 Å². The topological polar surface area (TPSA) is 75.7 Å². The molecule has 0 unspecified atom stereocenters. The van der Waals surface area contributed by atoms with Gasteiger partial charge in [0.05, 0.1) is 4.92 Å². The van der Waals surface area contributed by atoms with Crippen molar-refractivity contribution in [2.24, 2.45) is 4.99 Å². The number of halogens is 4. The number of hydrogen-bond donors (Lipinski definition) is 1. The van der Waals surface area contributed by atoms with Crippen LogP contribution in [0.4, 0.5) is 11.4 Å². The van der Waals surface area contributed by atoms with Crippen molar-refractivity contribution in [1.82, 2.24) is 0 Å². The Morgan fingerprint density at radius 2 is 1.65 bits per heavy atom. The number of benzene rings is 2. The Balaban J connectivity index is 0.000000597. The fourth-order valence-corrected chi connectivity index (χ4v) is 1.94. The summed E-state index contributed by atoms with van der Waals surface area (Å²) in [6.07, 6.45) is 1.57. The van der Waals surface area contributed by atoms with Gasteiger partial charge >= 0.3 is 49.6 Å². The zero-order valence-corrected chi connectivity index (χ0v) is 20.1. The predicted octanol–water partition coefficient (Wildman–Crippen LogP) is 6.93. The number of nitrogens with zero attached hydrogens (tertiary/aromatic N) is 2. The molecule has 0 spiro atoms. The summed E-state index contributed by atoms with van der Waals surface area (Å²) in [5.74, 6) is 0.380. The third-order valence-electron chi connectivity index (χ3n) is 3.12. The van der Waals surface area contributed by atoms with Crippen molar-refractivity contribution in [3.05, 3.63) is 63.7 Å². The summed E-state index contributed by atoms with van der Waals surface area (Å²) >= 11 is -3.33. The Kier molecular flexibility index (Phi) is 9.41. The van der Waals surface area contributed by atoms with Crippen LogP contribution in [0.25, 0.3) is 0 Å². The van der Waals surface area contributed by atoms with Crippen LogP contribution in [0.2, 0.25) is 0 Å². The Labute approximate surface area is 170 Å². The monoisotopic (exact) mass is 605 g/mol. The number of nitro benzene ring substituents is 1. The van der Waals surface area contributed by atoms with Crippen molar-refractivity contribution in [2.75, 3.05) is 0 Å². The SMILES string of the molecule is CC(C)c1cccc(N=Cc2ccc([N+](=O)[O-])cc2)c1O.[Cl][Ta]([Cl])([Cl])[Cl]. The molecule has 0 atom stereocenters. The van der Waals surface area contributed by atoms with Crippen molar-refractivity contribution >= 4 is 54.3 Å². The van der Waals surface area contributed by atoms with Crippen LogP contribution in [0.1, 0.15) is 30.9 Å². The Bertz CT molecular complexity index is 772. The first-order valence-corrected chi connectivity index (χ1v) is 23.2. The van der Waals surface area contributed by atoms with Crippen LogP contribution >= 0.6 is 36.8 Å². The molecule has 2 aromatic rings. The third-order valence-corrected chi connectivity index (χ3v) is 3.12. The average molecular weight is 607 g/mol. The molecule has 26 heavy (non-hydrogen) atoms. The maximum absolute atomic E-state index is 10.6. The minimum absolute atomic E-state index is 0.0387. The summed E-state index contributed by atoms with van der Waals surface area (Å²) in [6, 6.07) is 11.5. The van der Waals surface area contributed by atoms with Crippen molar-refractivity contribution in [1.29, 1.82) is 0 Å². The van der Waals surface area contributed by atoms with E-state index >= 15 is 0 Å². The fourth-order valence-electron chi connectivity index (χ4n) is 1.94. The Morgan fingerprint density at radius 3 is 2.12 bits per heavy atom. The van der Waals surface area contributed by atoms with E-state index in [0.29, 0.717) is 5.69 Å². The molecule has 0 aromatic heterocycles. The number of rotatable bonds is 4. The third kappa shape index (κ3) is 8.73. The number of aromatic hydroxyl groups is 1. The van der Waals surface area contributed by atoms with Gasteiger partial charge in [-0.3, -0.25) is 15.1 Å². The summed E-state index contributed by atoms with van der Waals surface area (Å²) in [5, 5.41) is 20.7. The van der Waals surface area contributed by atoms with Crippen LogP contribution in [-0.4, -0.2) is 16.2 Å². The summed E-state index contributed by atoms with van der Waals surface area (Å²) in [7, 11) is 20.2. The van der Waals surface area contributed by atoms with Crippen LogP contribution in [0.3, 0.4) is 0 Å². The van der Waals surface area contributed by atoms with Gasteiger partial charge in [-0.1, -0.05) is 26.0 Å². The van der Waals surface area contributed by atoms with Gasteiger partial charge in [0.25, 0.3) is 5.69 Å². The van der Waals surface area contributed by atoms with E-state index in [4.69, 9.17) is 36.8 Å². The second kappa shape index (κ2) is 10.5. The van der Waals surface area contributed by atoms with Gasteiger partial charge < -0.3 is 5.11 Å². The van der Waals surface area contributed by atoms with E-state index in [1.807, 2.05) is 26.0 Å². The van der Waals surface area contributed by atoms with Gasteiger partial charge in [-0.15, -0.1) is 0 Å². The van der Waals surface area contributed by atoms with E-state index in [1.54, 1.807) is 24.4 Å². The van der Waals surface area contributed by atoms with E-state index in [9.17, 15) is 15.2 Å². The first-order chi connectivity index (χ1) is 12.0. The molecule has 10 heteroatoms. The van der Waals surface area contributed by atoms with Gasteiger partial charge in [-0.2, -0.15) is 0 Å². The molecule has 0 heterocycles. The number of aliphatic imine (C=N–C) groups is 1. The molecule has 0 aliphatic rings. The van der Waals surface area contributed by atoms with Crippen LogP contribution in [0.15, 0.2) is 47.5 Å². The zero-order valence-electron chi connectivity index (χ0n) is 13.8. The number of phenols is 1. The molecule has 0 saturated heterocycles. The van der Waals surface area contributed by atoms with Gasteiger partial charge in [-0.25, -0.2) is 0 Å². The molecular weight excluding hydrogens is 591 g/mol. The van der Waals surface area contributed by atoms with Crippen LogP contribution in [-0.2, 0) is 12.8 Å². The Hall–Kier alpha value is -0.790. The number of phenolic OH excluding ortho intramolecular Hbond substituents is 1. The summed E-state index contributed by atoms with van der Waals surface area (Å²) in [4.78, 5) is 14.4. The standard InChI is InChI=1S/C16H16N2O3.4ClH.Ta/c1-11(2)14-4-3-5-15(16(14)19)17-10-12-6-8-13(9-7-12)18(20)21;;;;;/h3-11,19H,1-2H3;4*1H;/q;;;;;+4/p-4. The maximum atomic E-state index is 10.6. The second-order valence-electron chi connectivity index (χ2n) is 5.36. The van der Waals surface area contributed by atoms with Crippen LogP contribution in [0, 0.1) is 10.1 Å². The van der Waals surface area contributed by atoms with Crippen molar-refractivity contribution in [2.45, 2.75) is 19.8 Å². The molecule has 1 N–H and O–H groups in total. The molecule has 141 valence electrons. The number of hydrogen-bond acceptors (Lipinski definition) is 4. The summed E-state index contributed by atoms with van der Waals surface area (Å²) in [5.41, 5.74) is 2.10. The zero-order chi connectivity index (χ0) is 19.9. The van der Waals surface area contributed by atoms with E-state index in [-0.39, 0.29) is 17.4 Å². The van der Waals surface area contributed by atoms with Crippen molar-refractivity contribution in [3.63, 3.8) is 0 Å². The molecule has 2 rings (SSSR count). The van der Waals surface area contributed by atoms with E-state index < -0.39 is 17.7 Å². The van der Waals surface area contributed by atoms with Gasteiger partial charge in [0.15, 0.2) is 0 Å². The van der Waals surface area contributed by atoms with E-state index in [0.717, 1.165) is 11.1 Å². The molecule has 0 radical (unpaired) electrons. The van der Waals surface area contributed by atoms with Gasteiger partial charge in [0.1, 0.15) is 11.4 Å². The first kappa shape index (κ1) is 23.2. The molecule has 0 bridgehead atoms. The molecule has 0 fully saturated rings. The van der Waals surface area contributed by atoms with Gasteiger partial charge in [0.2, 0.25) is 0 Å². The summed E-state index contributed by atoms with van der Waals surface area (Å²) < 4.78 is 0. The van der Waals surface area contributed by atoms with Crippen LogP contribution in [0.5, 0.6) is 5.75 Å². The number of para-hydroxylation sites is 1. The van der Waals surface area contributed by atoms with Gasteiger partial charge in [0, 0.05) is 18.3 Å².